The topological polar surface area (TPSA) is 161 Å². The summed E-state index contributed by atoms with van der Waals surface area (Å²) in [5.74, 6) is 0.339. The van der Waals surface area contributed by atoms with Crippen molar-refractivity contribution in [2.75, 3.05) is 26.3 Å². The van der Waals surface area contributed by atoms with Crippen molar-refractivity contribution in [1.29, 1.82) is 0 Å². The van der Waals surface area contributed by atoms with E-state index in [2.05, 4.69) is 5.32 Å². The van der Waals surface area contributed by atoms with Crippen LogP contribution in [0.3, 0.4) is 0 Å². The fourth-order valence-electron chi connectivity index (χ4n) is 7.11. The highest BCUT2D eigenvalue weighted by molar-refractivity contribution is 7.93. The number of rotatable bonds is 14. The Morgan fingerprint density at radius 2 is 1.65 bits per heavy atom. The quantitative estimate of drug-likeness (QED) is 0.182. The number of carbonyl (C=O) groups is 2. The van der Waals surface area contributed by atoms with Gasteiger partial charge in [-0.1, -0.05) is 48.5 Å². The van der Waals surface area contributed by atoms with Crippen molar-refractivity contribution in [2.45, 2.75) is 111 Å². The van der Waals surface area contributed by atoms with E-state index in [1.54, 1.807) is 49.9 Å². The van der Waals surface area contributed by atoms with Crippen molar-refractivity contribution in [1.82, 2.24) is 10.2 Å². The number of aliphatic hydroxyl groups excluding tert-OH is 2. The lowest BCUT2D eigenvalue weighted by Gasteiger charge is -2.38. The molecule has 2 aliphatic heterocycles. The summed E-state index contributed by atoms with van der Waals surface area (Å²) in [6, 6.07) is 21.9. The van der Waals surface area contributed by atoms with Gasteiger partial charge in [-0.3, -0.25) is 10.1 Å². The molecular formula is C41H52N2O10S. The van der Waals surface area contributed by atoms with Gasteiger partial charge >= 0.3 is 12.1 Å². The summed E-state index contributed by atoms with van der Waals surface area (Å²) in [4.78, 5) is 28.0. The van der Waals surface area contributed by atoms with Crippen LogP contribution in [-0.4, -0.2) is 96.0 Å². The molecule has 54 heavy (non-hydrogen) atoms. The van der Waals surface area contributed by atoms with Gasteiger partial charge in [0.1, 0.15) is 29.7 Å². The summed E-state index contributed by atoms with van der Waals surface area (Å²) < 4.78 is 48.5. The van der Waals surface area contributed by atoms with E-state index in [-0.39, 0.29) is 30.1 Å². The van der Waals surface area contributed by atoms with Crippen LogP contribution in [0.5, 0.6) is 11.5 Å². The summed E-state index contributed by atoms with van der Waals surface area (Å²) >= 11 is 0. The minimum atomic E-state index is -3.68. The average molecular weight is 765 g/mol. The van der Waals surface area contributed by atoms with Gasteiger partial charge in [0.2, 0.25) is 0 Å². The van der Waals surface area contributed by atoms with Crippen LogP contribution in [0.4, 0.5) is 4.79 Å². The standard InChI is InChI=1S/C41H52N2O10S/c1-39(2,3)53-37(46)36(42-31-25-40(51-27-31)20-22-43(23-21-40)38(47)50-26-30-8-5-4-6-9-30)35(45)17-14-29-12-15-32(16-13-29)52-33-10-7-11-34(24-33)54(48,49)41(28-44)18-19-41/h4-13,15-16,24,31,35-36,42,44-45H,14,17-23,25-28H2,1-3H3/t31-,35-,36-/m0/s1. The maximum absolute atomic E-state index is 13.4. The molecule has 3 fully saturated rings. The number of likely N-dealkylation sites (tertiary alicyclic amines) is 1. The summed E-state index contributed by atoms with van der Waals surface area (Å²) in [6.07, 6.45) is 2.14. The Bertz CT molecular complexity index is 1850. The molecule has 0 bridgehead atoms. The van der Waals surface area contributed by atoms with Gasteiger partial charge in [0.25, 0.3) is 0 Å². The second-order valence-corrected chi connectivity index (χ2v) is 18.1. The van der Waals surface area contributed by atoms with Gasteiger partial charge in [-0.05, 0) is 107 Å². The number of aliphatic hydroxyl groups is 2. The summed E-state index contributed by atoms with van der Waals surface area (Å²) in [5, 5.41) is 24.4. The van der Waals surface area contributed by atoms with Gasteiger partial charge in [0.05, 0.1) is 34.6 Å². The fraction of sp³-hybridized carbons (Fsp3) is 0.512. The van der Waals surface area contributed by atoms with E-state index in [4.69, 9.17) is 18.9 Å². The van der Waals surface area contributed by atoms with Crippen LogP contribution in [0, 0.1) is 0 Å². The number of benzene rings is 3. The monoisotopic (exact) mass is 764 g/mol. The Labute approximate surface area is 317 Å². The first-order valence-corrected chi connectivity index (χ1v) is 20.2. The van der Waals surface area contributed by atoms with Crippen molar-refractivity contribution >= 4 is 21.9 Å². The molecule has 1 amide bonds. The predicted molar refractivity (Wildman–Crippen MR) is 201 cm³/mol. The first-order chi connectivity index (χ1) is 25.7. The number of nitrogens with zero attached hydrogens (tertiary/aromatic N) is 1. The molecule has 0 unspecified atom stereocenters. The minimum absolute atomic E-state index is 0.117. The molecule has 3 aromatic rings. The van der Waals surface area contributed by atoms with Crippen LogP contribution in [0.15, 0.2) is 83.8 Å². The third-order valence-corrected chi connectivity index (χ3v) is 13.0. The Morgan fingerprint density at radius 1 is 0.944 bits per heavy atom. The number of carbonyl (C=O) groups excluding carboxylic acids is 2. The first-order valence-electron chi connectivity index (χ1n) is 18.7. The zero-order chi connectivity index (χ0) is 38.6. The van der Waals surface area contributed by atoms with E-state index in [0.717, 1.165) is 11.1 Å². The zero-order valence-electron chi connectivity index (χ0n) is 31.2. The normalized spacial score (nSPS) is 20.2. The number of ether oxygens (including phenoxy) is 4. The lowest BCUT2D eigenvalue weighted by atomic mass is 9.87. The van der Waals surface area contributed by atoms with E-state index in [1.165, 1.54) is 12.1 Å². The molecule has 1 aliphatic carbocycles. The van der Waals surface area contributed by atoms with E-state index in [0.29, 0.717) is 69.7 Å². The molecule has 2 saturated heterocycles. The molecule has 6 rings (SSSR count). The second kappa shape index (κ2) is 16.4. The third kappa shape index (κ3) is 9.61. The highest BCUT2D eigenvalue weighted by Crippen LogP contribution is 2.46. The molecule has 292 valence electrons. The number of nitrogens with one attached hydrogen (secondary N) is 1. The van der Waals surface area contributed by atoms with Crippen molar-refractivity contribution < 1.29 is 47.2 Å². The van der Waals surface area contributed by atoms with Crippen LogP contribution in [0.2, 0.25) is 0 Å². The molecular weight excluding hydrogens is 713 g/mol. The van der Waals surface area contributed by atoms with E-state index >= 15 is 0 Å². The van der Waals surface area contributed by atoms with Gasteiger partial charge in [-0.15, -0.1) is 0 Å². The summed E-state index contributed by atoms with van der Waals surface area (Å²) in [5.41, 5.74) is 0.662. The molecule has 0 aromatic heterocycles. The lowest BCUT2D eigenvalue weighted by Crippen LogP contribution is -2.53. The van der Waals surface area contributed by atoms with Gasteiger partial charge in [-0.25, -0.2) is 13.2 Å². The van der Waals surface area contributed by atoms with Crippen LogP contribution in [0.25, 0.3) is 0 Å². The predicted octanol–water partition coefficient (Wildman–Crippen LogP) is 5.33. The van der Waals surface area contributed by atoms with Crippen LogP contribution in [0.1, 0.15) is 70.4 Å². The molecule has 12 nitrogen and oxygen atoms in total. The number of piperidine rings is 1. The van der Waals surface area contributed by atoms with Crippen LogP contribution in [-0.2, 0) is 41.9 Å². The second-order valence-electron chi connectivity index (χ2n) is 15.8. The maximum Gasteiger partial charge on any atom is 0.410 e. The van der Waals surface area contributed by atoms with Gasteiger partial charge in [-0.2, -0.15) is 0 Å². The Morgan fingerprint density at radius 3 is 2.30 bits per heavy atom. The van der Waals surface area contributed by atoms with E-state index in [1.807, 2.05) is 42.5 Å². The van der Waals surface area contributed by atoms with Crippen molar-refractivity contribution in [3.8, 4) is 11.5 Å². The molecule has 3 aromatic carbocycles. The molecule has 3 atom stereocenters. The van der Waals surface area contributed by atoms with Crippen LogP contribution < -0.4 is 10.1 Å². The van der Waals surface area contributed by atoms with E-state index in [9.17, 15) is 28.2 Å². The van der Waals surface area contributed by atoms with Gasteiger partial charge in [0.15, 0.2) is 9.84 Å². The van der Waals surface area contributed by atoms with Crippen molar-refractivity contribution in [3.05, 3.63) is 90.0 Å². The van der Waals surface area contributed by atoms with Crippen LogP contribution >= 0.6 is 0 Å². The highest BCUT2D eigenvalue weighted by Gasteiger charge is 2.54. The molecule has 1 saturated carbocycles. The lowest BCUT2D eigenvalue weighted by molar-refractivity contribution is -0.161. The van der Waals surface area contributed by atoms with Gasteiger partial charge < -0.3 is 34.1 Å². The maximum atomic E-state index is 13.4. The fourth-order valence-corrected chi connectivity index (χ4v) is 8.95. The summed E-state index contributed by atoms with van der Waals surface area (Å²) in [7, 11) is -3.68. The Kier molecular flexibility index (Phi) is 12.0. The minimum Gasteiger partial charge on any atom is -0.459 e. The summed E-state index contributed by atoms with van der Waals surface area (Å²) in [6.45, 7) is 6.55. The number of sulfone groups is 1. The van der Waals surface area contributed by atoms with Crippen molar-refractivity contribution in [3.63, 3.8) is 0 Å². The third-order valence-electron chi connectivity index (χ3n) is 10.5. The number of esters is 1. The highest BCUT2D eigenvalue weighted by atomic mass is 32.2. The molecule has 2 heterocycles. The molecule has 3 N–H and O–H groups in total. The number of aryl methyl sites for hydroxylation is 1. The molecule has 1 spiro atoms. The molecule has 3 aliphatic rings. The Hall–Kier alpha value is -4.01. The number of hydrogen-bond acceptors (Lipinski definition) is 11. The van der Waals surface area contributed by atoms with E-state index < -0.39 is 50.5 Å². The number of amides is 1. The molecule has 0 radical (unpaired) electrons. The smallest absolute Gasteiger partial charge is 0.410 e. The number of hydrogen-bond donors (Lipinski definition) is 3. The van der Waals surface area contributed by atoms with Gasteiger partial charge in [0, 0.05) is 19.1 Å². The Balaban J connectivity index is 1.01. The first kappa shape index (κ1) is 39.7. The zero-order valence-corrected chi connectivity index (χ0v) is 32.1. The average Bonchev–Trinajstić information content (AvgIpc) is 3.88. The SMILES string of the molecule is CC(C)(C)OC(=O)[C@@H](N[C@@H]1COC2(CCN(C(=O)OCc3ccccc3)CC2)C1)[C@@H](O)CCc1ccc(Oc2cccc(S(=O)(=O)C3(CO)CC3)c2)cc1. The molecule has 13 heteroatoms. The van der Waals surface area contributed by atoms with Crippen molar-refractivity contribution in [2.24, 2.45) is 0 Å². The largest absolute Gasteiger partial charge is 0.459 e.